The van der Waals surface area contributed by atoms with Crippen molar-refractivity contribution in [2.24, 2.45) is 0 Å². The summed E-state index contributed by atoms with van der Waals surface area (Å²) < 4.78 is 58.1. The molecule has 0 fully saturated rings. The van der Waals surface area contributed by atoms with Gasteiger partial charge in [0, 0.05) is 37.1 Å². The molecule has 0 bridgehead atoms. The number of benzene rings is 2. The topological polar surface area (TPSA) is 95.0 Å². The maximum absolute atomic E-state index is 13.2. The second-order valence-corrected chi connectivity index (χ2v) is 9.68. The highest BCUT2D eigenvalue weighted by atomic mass is 32.2. The second kappa shape index (κ2) is 8.27. The zero-order valence-electron chi connectivity index (χ0n) is 15.2. The predicted octanol–water partition coefficient (Wildman–Crippen LogP) is 1.81. The highest BCUT2D eigenvalue weighted by Crippen LogP contribution is 2.31. The minimum atomic E-state index is -4.17. The highest BCUT2D eigenvalue weighted by Gasteiger charge is 2.26. The van der Waals surface area contributed by atoms with Gasteiger partial charge in [-0.2, -0.15) is 12.7 Å². The third kappa shape index (κ3) is 4.99. The van der Waals surface area contributed by atoms with E-state index in [-0.39, 0.29) is 24.4 Å². The molecule has 0 saturated carbocycles. The van der Waals surface area contributed by atoms with Crippen molar-refractivity contribution in [3.05, 3.63) is 36.4 Å². The van der Waals surface area contributed by atoms with E-state index >= 15 is 0 Å². The first-order valence-corrected chi connectivity index (χ1v) is 11.2. The van der Waals surface area contributed by atoms with E-state index in [1.807, 2.05) is 31.1 Å². The van der Waals surface area contributed by atoms with Crippen molar-refractivity contribution < 1.29 is 21.4 Å². The number of terminal acetylenes is 1. The molecule has 2 aromatic carbocycles. The molecule has 0 saturated heterocycles. The molecule has 0 amide bonds. The lowest BCUT2D eigenvalue weighted by Gasteiger charge is -2.22. The molecule has 1 N–H and O–H groups in total. The van der Waals surface area contributed by atoms with Gasteiger partial charge in [-0.3, -0.25) is 4.55 Å². The van der Waals surface area contributed by atoms with Crippen molar-refractivity contribution in [1.82, 2.24) is 4.31 Å². The Labute approximate surface area is 160 Å². The summed E-state index contributed by atoms with van der Waals surface area (Å²) >= 11 is 0. The quantitative estimate of drug-likeness (QED) is 0.527. The molecule has 0 radical (unpaired) electrons. The van der Waals surface area contributed by atoms with Gasteiger partial charge in [-0.15, -0.1) is 6.42 Å². The SMILES string of the molecule is C#CCN(CCCS(=O)(=O)O)S(=O)(=O)c1cccc2c(N(C)C)cccc12. The molecular weight excluding hydrogens is 388 g/mol. The van der Waals surface area contributed by atoms with Crippen LogP contribution in [-0.2, 0) is 20.1 Å². The van der Waals surface area contributed by atoms with Crippen LogP contribution in [0, 0.1) is 12.3 Å². The van der Waals surface area contributed by atoms with Crippen molar-refractivity contribution in [1.29, 1.82) is 0 Å². The van der Waals surface area contributed by atoms with Crippen LogP contribution in [0.4, 0.5) is 5.69 Å². The molecular formula is C18H22N2O5S2. The number of fused-ring (bicyclic) bond motifs is 1. The first kappa shape index (κ1) is 21.2. The zero-order chi connectivity index (χ0) is 20.2. The number of sulfonamides is 1. The van der Waals surface area contributed by atoms with Crippen LogP contribution < -0.4 is 4.90 Å². The fourth-order valence-electron chi connectivity index (χ4n) is 2.83. The van der Waals surface area contributed by atoms with Crippen LogP contribution in [0.3, 0.4) is 0 Å². The molecule has 0 aliphatic rings. The lowest BCUT2D eigenvalue weighted by Crippen LogP contribution is -2.33. The Hall–Kier alpha value is -2.12. The van der Waals surface area contributed by atoms with Crippen LogP contribution in [0.2, 0.25) is 0 Å². The Morgan fingerprint density at radius 2 is 1.67 bits per heavy atom. The van der Waals surface area contributed by atoms with E-state index in [1.54, 1.807) is 18.2 Å². The number of hydrogen-bond acceptors (Lipinski definition) is 5. The minimum Gasteiger partial charge on any atom is -0.377 e. The second-order valence-electron chi connectivity index (χ2n) is 6.21. The molecule has 0 aromatic heterocycles. The summed E-state index contributed by atoms with van der Waals surface area (Å²) in [4.78, 5) is 2.00. The predicted molar refractivity (Wildman–Crippen MR) is 107 cm³/mol. The first-order chi connectivity index (χ1) is 12.6. The van der Waals surface area contributed by atoms with Gasteiger partial charge in [0.2, 0.25) is 10.0 Å². The summed E-state index contributed by atoms with van der Waals surface area (Å²) in [5.41, 5.74) is 0.874. The minimum absolute atomic E-state index is 0.0620. The molecule has 9 heteroatoms. The van der Waals surface area contributed by atoms with Crippen LogP contribution in [0.1, 0.15) is 6.42 Å². The first-order valence-electron chi connectivity index (χ1n) is 8.16. The molecule has 2 rings (SSSR count). The maximum Gasteiger partial charge on any atom is 0.264 e. The molecule has 146 valence electrons. The van der Waals surface area contributed by atoms with Crippen molar-refractivity contribution in [3.8, 4) is 12.3 Å². The van der Waals surface area contributed by atoms with Gasteiger partial charge < -0.3 is 4.90 Å². The summed E-state index contributed by atoms with van der Waals surface area (Å²) in [5, 5.41) is 1.34. The smallest absolute Gasteiger partial charge is 0.264 e. The molecule has 27 heavy (non-hydrogen) atoms. The normalized spacial score (nSPS) is 12.3. The third-order valence-electron chi connectivity index (χ3n) is 4.04. The van der Waals surface area contributed by atoms with E-state index in [2.05, 4.69) is 5.92 Å². The summed E-state index contributed by atoms with van der Waals surface area (Å²) in [5.74, 6) is 1.76. The Morgan fingerprint density at radius 1 is 1.04 bits per heavy atom. The van der Waals surface area contributed by atoms with Crippen molar-refractivity contribution in [2.75, 3.05) is 37.8 Å². The highest BCUT2D eigenvalue weighted by molar-refractivity contribution is 7.89. The van der Waals surface area contributed by atoms with Gasteiger partial charge >= 0.3 is 0 Å². The zero-order valence-corrected chi connectivity index (χ0v) is 16.8. The number of hydrogen-bond donors (Lipinski definition) is 1. The molecule has 2 aromatic rings. The maximum atomic E-state index is 13.2. The van der Waals surface area contributed by atoms with Crippen molar-refractivity contribution in [2.45, 2.75) is 11.3 Å². The molecule has 0 heterocycles. The van der Waals surface area contributed by atoms with E-state index in [0.29, 0.717) is 5.39 Å². The Balaban J connectivity index is 2.50. The third-order valence-corrected chi connectivity index (χ3v) is 6.74. The largest absolute Gasteiger partial charge is 0.377 e. The average Bonchev–Trinajstić information content (AvgIpc) is 2.58. The average molecular weight is 411 g/mol. The Morgan fingerprint density at radius 3 is 2.26 bits per heavy atom. The number of rotatable bonds is 8. The monoisotopic (exact) mass is 410 g/mol. The Kier molecular flexibility index (Phi) is 6.49. The number of nitrogens with zero attached hydrogens (tertiary/aromatic N) is 2. The van der Waals surface area contributed by atoms with Crippen LogP contribution >= 0.6 is 0 Å². The molecule has 0 aliphatic heterocycles. The molecule has 0 spiro atoms. The number of anilines is 1. The molecule has 0 aliphatic carbocycles. The molecule has 0 unspecified atom stereocenters. The van der Waals surface area contributed by atoms with Gasteiger partial charge in [-0.1, -0.05) is 30.2 Å². The summed E-state index contributed by atoms with van der Waals surface area (Å²) in [6.07, 6.45) is 5.25. The summed E-state index contributed by atoms with van der Waals surface area (Å²) in [6.45, 7) is -0.312. The van der Waals surface area contributed by atoms with Crippen LogP contribution in [0.15, 0.2) is 41.3 Å². The van der Waals surface area contributed by atoms with Crippen LogP contribution in [0.25, 0.3) is 10.8 Å². The van der Waals surface area contributed by atoms with Crippen LogP contribution in [0.5, 0.6) is 0 Å². The van der Waals surface area contributed by atoms with E-state index in [4.69, 9.17) is 11.0 Å². The van der Waals surface area contributed by atoms with E-state index in [1.165, 1.54) is 6.07 Å². The van der Waals surface area contributed by atoms with Gasteiger partial charge in [0.15, 0.2) is 0 Å². The van der Waals surface area contributed by atoms with Gasteiger partial charge in [-0.25, -0.2) is 8.42 Å². The summed E-state index contributed by atoms with van der Waals surface area (Å²) in [7, 11) is -4.39. The fourth-order valence-corrected chi connectivity index (χ4v) is 4.92. The van der Waals surface area contributed by atoms with Gasteiger partial charge in [0.05, 0.1) is 17.2 Å². The van der Waals surface area contributed by atoms with Gasteiger partial charge in [0.1, 0.15) is 0 Å². The van der Waals surface area contributed by atoms with Gasteiger partial charge in [-0.05, 0) is 18.6 Å². The van der Waals surface area contributed by atoms with Crippen molar-refractivity contribution >= 4 is 36.6 Å². The Bertz CT molecular complexity index is 1070. The van der Waals surface area contributed by atoms with E-state index in [9.17, 15) is 16.8 Å². The lowest BCUT2D eigenvalue weighted by molar-refractivity contribution is 0.437. The van der Waals surface area contributed by atoms with Crippen LogP contribution in [-0.4, -0.2) is 58.6 Å². The van der Waals surface area contributed by atoms with E-state index < -0.39 is 25.9 Å². The molecule has 7 nitrogen and oxygen atoms in total. The van der Waals surface area contributed by atoms with E-state index in [0.717, 1.165) is 15.4 Å². The van der Waals surface area contributed by atoms with Crippen molar-refractivity contribution in [3.63, 3.8) is 0 Å². The summed E-state index contributed by atoms with van der Waals surface area (Å²) in [6, 6.07) is 10.4. The standard InChI is InChI=1S/C18H22N2O5S2/c1-4-12-20(13-7-14-26(21,22)23)27(24,25)18-11-6-8-15-16(18)9-5-10-17(15)19(2)3/h1,5-6,8-11H,7,12-14H2,2-3H3,(H,21,22,23). The molecule has 0 atom stereocenters. The fraction of sp³-hybridized carbons (Fsp3) is 0.333. The lowest BCUT2D eigenvalue weighted by atomic mass is 10.1. The van der Waals surface area contributed by atoms with Gasteiger partial charge in [0.25, 0.3) is 10.1 Å².